The highest BCUT2D eigenvalue weighted by atomic mass is 16.5. The van der Waals surface area contributed by atoms with Gasteiger partial charge in [-0.25, -0.2) is 4.79 Å². The molecule has 2 aromatic carbocycles. The van der Waals surface area contributed by atoms with Gasteiger partial charge in [0.2, 0.25) is 0 Å². The van der Waals surface area contributed by atoms with Gasteiger partial charge >= 0.3 is 6.03 Å². The van der Waals surface area contributed by atoms with Gasteiger partial charge in [-0.05, 0) is 37.1 Å². The van der Waals surface area contributed by atoms with Crippen molar-refractivity contribution in [2.24, 2.45) is 0 Å². The summed E-state index contributed by atoms with van der Waals surface area (Å²) in [6.07, 6.45) is 0. The minimum Gasteiger partial charge on any atom is -0.508 e. The fraction of sp³-hybridized carbons (Fsp3) is 0.381. The van der Waals surface area contributed by atoms with Gasteiger partial charge in [0.1, 0.15) is 18.1 Å². The van der Waals surface area contributed by atoms with Crippen LogP contribution in [0, 0.1) is 13.8 Å². The topological polar surface area (TPSA) is 65.0 Å². The maximum Gasteiger partial charge on any atom is 0.318 e. The second-order valence-electron chi connectivity index (χ2n) is 7.23. The molecule has 0 aromatic heterocycles. The zero-order chi connectivity index (χ0) is 19.0. The van der Waals surface area contributed by atoms with Gasteiger partial charge < -0.3 is 25.0 Å². The van der Waals surface area contributed by atoms with E-state index >= 15 is 0 Å². The number of anilines is 1. The summed E-state index contributed by atoms with van der Waals surface area (Å²) in [7, 11) is 0. The lowest BCUT2D eigenvalue weighted by Crippen LogP contribution is -2.52. The Balaban J connectivity index is 1.37. The van der Waals surface area contributed by atoms with Crippen molar-refractivity contribution in [2.45, 2.75) is 19.9 Å². The molecular formula is C21H25N3O3. The number of phenols is 1. The summed E-state index contributed by atoms with van der Waals surface area (Å²) in [5.41, 5.74) is 4.39. The van der Waals surface area contributed by atoms with Crippen LogP contribution >= 0.6 is 0 Å². The summed E-state index contributed by atoms with van der Waals surface area (Å²) < 4.78 is 5.83. The fourth-order valence-electron chi connectivity index (χ4n) is 3.75. The summed E-state index contributed by atoms with van der Waals surface area (Å²) in [4.78, 5) is 16.7. The number of piperazine rings is 1. The van der Waals surface area contributed by atoms with E-state index in [1.807, 2.05) is 17.0 Å². The Hall–Kier alpha value is -2.89. The quantitative estimate of drug-likeness (QED) is 0.857. The van der Waals surface area contributed by atoms with Crippen molar-refractivity contribution in [3.8, 4) is 11.5 Å². The highest BCUT2D eigenvalue weighted by Crippen LogP contribution is 2.36. The molecule has 4 rings (SSSR count). The summed E-state index contributed by atoms with van der Waals surface area (Å²) in [6.45, 7) is 7.38. The first kappa shape index (κ1) is 17.5. The predicted octanol–water partition coefficient (Wildman–Crippen LogP) is 2.97. The van der Waals surface area contributed by atoms with Crippen molar-refractivity contribution in [3.63, 3.8) is 0 Å². The lowest BCUT2D eigenvalue weighted by molar-refractivity contribution is 0.187. The molecule has 1 atom stereocenters. The Labute approximate surface area is 159 Å². The predicted molar refractivity (Wildman–Crippen MR) is 105 cm³/mol. The van der Waals surface area contributed by atoms with Crippen LogP contribution in [0.15, 0.2) is 36.4 Å². The maximum absolute atomic E-state index is 12.7. The number of ether oxygens (including phenoxy) is 1. The molecule has 0 bridgehead atoms. The molecule has 2 aliphatic heterocycles. The van der Waals surface area contributed by atoms with Crippen molar-refractivity contribution in [1.29, 1.82) is 0 Å². The van der Waals surface area contributed by atoms with Crippen molar-refractivity contribution in [3.05, 3.63) is 53.1 Å². The molecule has 2 amide bonds. The largest absolute Gasteiger partial charge is 0.508 e. The van der Waals surface area contributed by atoms with Crippen molar-refractivity contribution in [1.82, 2.24) is 10.2 Å². The van der Waals surface area contributed by atoms with Crippen LogP contribution in [-0.2, 0) is 0 Å². The number of nitrogens with zero attached hydrogens (tertiary/aromatic N) is 2. The zero-order valence-corrected chi connectivity index (χ0v) is 15.7. The number of amides is 2. The second kappa shape index (κ2) is 7.02. The van der Waals surface area contributed by atoms with Crippen LogP contribution in [0.25, 0.3) is 0 Å². The molecule has 0 spiro atoms. The van der Waals surface area contributed by atoms with Gasteiger partial charge in [0, 0.05) is 43.5 Å². The molecule has 1 saturated heterocycles. The van der Waals surface area contributed by atoms with Gasteiger partial charge in [0.25, 0.3) is 0 Å². The average Bonchev–Trinajstić information content (AvgIpc) is 3.08. The molecule has 1 unspecified atom stereocenters. The van der Waals surface area contributed by atoms with E-state index in [9.17, 15) is 9.90 Å². The minimum atomic E-state index is -0.101. The third-order valence-electron chi connectivity index (χ3n) is 5.54. The van der Waals surface area contributed by atoms with E-state index in [1.165, 1.54) is 5.56 Å². The number of hydrogen-bond acceptors (Lipinski definition) is 4. The first-order chi connectivity index (χ1) is 13.0. The summed E-state index contributed by atoms with van der Waals surface area (Å²) >= 11 is 0. The molecule has 2 aliphatic rings. The maximum atomic E-state index is 12.7. The number of urea groups is 1. The normalized spacial score (nSPS) is 18.8. The molecule has 6 heteroatoms. The smallest absolute Gasteiger partial charge is 0.318 e. The first-order valence-corrected chi connectivity index (χ1v) is 9.35. The fourth-order valence-corrected chi connectivity index (χ4v) is 3.75. The summed E-state index contributed by atoms with van der Waals surface area (Å²) in [5.74, 6) is 1.17. The number of aromatic hydroxyl groups is 1. The van der Waals surface area contributed by atoms with Crippen LogP contribution in [0.1, 0.15) is 22.7 Å². The van der Waals surface area contributed by atoms with E-state index < -0.39 is 0 Å². The zero-order valence-electron chi connectivity index (χ0n) is 15.7. The second-order valence-corrected chi connectivity index (χ2v) is 7.23. The van der Waals surface area contributed by atoms with Gasteiger partial charge in [-0.1, -0.05) is 18.2 Å². The SMILES string of the molecule is Cc1ccc2c(c1C)OCC2NC(=O)N1CCN(c2cccc(O)c2)CC1. The third-order valence-corrected chi connectivity index (χ3v) is 5.54. The van der Waals surface area contributed by atoms with Gasteiger partial charge in [0.15, 0.2) is 0 Å². The van der Waals surface area contributed by atoms with E-state index in [1.54, 1.807) is 12.1 Å². The van der Waals surface area contributed by atoms with Gasteiger partial charge in [-0.2, -0.15) is 0 Å². The third kappa shape index (κ3) is 3.39. The molecule has 1 fully saturated rings. The molecule has 2 aromatic rings. The number of fused-ring (bicyclic) bond motifs is 1. The molecule has 6 nitrogen and oxygen atoms in total. The minimum absolute atomic E-state index is 0.0507. The van der Waals surface area contributed by atoms with Crippen LogP contribution < -0.4 is 15.0 Å². The number of aryl methyl sites for hydroxylation is 1. The number of nitrogens with one attached hydrogen (secondary N) is 1. The van der Waals surface area contributed by atoms with Crippen LogP contribution in [-0.4, -0.2) is 48.8 Å². The Morgan fingerprint density at radius 2 is 1.93 bits per heavy atom. The first-order valence-electron chi connectivity index (χ1n) is 9.35. The Bertz CT molecular complexity index is 860. The Morgan fingerprint density at radius 1 is 1.15 bits per heavy atom. The van der Waals surface area contributed by atoms with Crippen LogP contribution in [0.4, 0.5) is 10.5 Å². The van der Waals surface area contributed by atoms with E-state index in [0.29, 0.717) is 19.7 Å². The number of rotatable bonds is 2. The van der Waals surface area contributed by atoms with Crippen molar-refractivity contribution >= 4 is 11.7 Å². The van der Waals surface area contributed by atoms with Crippen LogP contribution in [0.2, 0.25) is 0 Å². The van der Waals surface area contributed by atoms with Gasteiger partial charge in [-0.3, -0.25) is 0 Å². The number of hydrogen-bond donors (Lipinski definition) is 2. The molecular weight excluding hydrogens is 342 g/mol. The standard InChI is InChI=1S/C21H25N3O3/c1-14-6-7-18-19(13-27-20(18)15(14)2)22-21(26)24-10-8-23(9-11-24)16-4-3-5-17(25)12-16/h3-7,12,19,25H,8-11,13H2,1-2H3,(H,22,26). The summed E-state index contributed by atoms with van der Waals surface area (Å²) in [6, 6.07) is 11.2. The highest BCUT2D eigenvalue weighted by molar-refractivity contribution is 5.75. The molecule has 2 N–H and O–H groups in total. The molecule has 2 heterocycles. The Morgan fingerprint density at radius 3 is 2.67 bits per heavy atom. The van der Waals surface area contributed by atoms with E-state index in [2.05, 4.69) is 36.2 Å². The lowest BCUT2D eigenvalue weighted by atomic mass is 10.0. The highest BCUT2D eigenvalue weighted by Gasteiger charge is 2.30. The molecule has 0 saturated carbocycles. The van der Waals surface area contributed by atoms with E-state index in [-0.39, 0.29) is 17.8 Å². The van der Waals surface area contributed by atoms with E-state index in [4.69, 9.17) is 4.74 Å². The van der Waals surface area contributed by atoms with Crippen molar-refractivity contribution in [2.75, 3.05) is 37.7 Å². The molecule has 0 radical (unpaired) electrons. The number of carbonyl (C=O) groups is 1. The van der Waals surface area contributed by atoms with Gasteiger partial charge in [-0.15, -0.1) is 0 Å². The number of phenolic OH excluding ortho intramolecular Hbond substituents is 1. The molecule has 27 heavy (non-hydrogen) atoms. The Kier molecular flexibility index (Phi) is 4.56. The van der Waals surface area contributed by atoms with Gasteiger partial charge in [0.05, 0.1) is 6.04 Å². The molecule has 142 valence electrons. The number of benzene rings is 2. The number of carbonyl (C=O) groups excluding carboxylic acids is 1. The van der Waals surface area contributed by atoms with E-state index in [0.717, 1.165) is 35.7 Å². The van der Waals surface area contributed by atoms with Crippen LogP contribution in [0.3, 0.4) is 0 Å². The average molecular weight is 367 g/mol. The lowest BCUT2D eigenvalue weighted by Gasteiger charge is -2.36. The van der Waals surface area contributed by atoms with Crippen molar-refractivity contribution < 1.29 is 14.6 Å². The molecule has 0 aliphatic carbocycles. The monoisotopic (exact) mass is 367 g/mol. The summed E-state index contributed by atoms with van der Waals surface area (Å²) in [5, 5.41) is 12.8. The van der Waals surface area contributed by atoms with Crippen LogP contribution in [0.5, 0.6) is 11.5 Å².